The lowest BCUT2D eigenvalue weighted by Gasteiger charge is -2.40. The first-order valence-electron chi connectivity index (χ1n) is 37.6. The molecule has 1 aliphatic rings. The molecule has 0 aromatic carbocycles. The van der Waals surface area contributed by atoms with E-state index in [0.717, 1.165) is 70.6 Å². The third-order valence-electron chi connectivity index (χ3n) is 17.6. The molecule has 1 saturated heterocycles. The van der Waals surface area contributed by atoms with Gasteiger partial charge in [-0.25, -0.2) is 0 Å². The molecule has 11 nitrogen and oxygen atoms in total. The number of rotatable bonds is 66. The van der Waals surface area contributed by atoms with Crippen molar-refractivity contribution in [1.29, 1.82) is 0 Å². The van der Waals surface area contributed by atoms with Gasteiger partial charge in [0.15, 0.2) is 6.29 Å². The molecule has 0 radical (unpaired) electrons. The minimum Gasteiger partial charge on any atom is -0.466 e. The Morgan fingerprint density at radius 3 is 1.24 bits per heavy atom. The van der Waals surface area contributed by atoms with E-state index < -0.39 is 49.5 Å². The fourth-order valence-corrected chi connectivity index (χ4v) is 11.7. The Hall–Kier alpha value is -2.64. The van der Waals surface area contributed by atoms with Crippen LogP contribution in [-0.2, 0) is 23.8 Å². The molecule has 1 aliphatic heterocycles. The van der Waals surface area contributed by atoms with Gasteiger partial charge in [0.2, 0.25) is 5.91 Å². The van der Waals surface area contributed by atoms with E-state index in [4.69, 9.17) is 14.2 Å². The summed E-state index contributed by atoms with van der Waals surface area (Å²) in [5.41, 5.74) is 0. The second kappa shape index (κ2) is 65.8. The molecule has 0 bridgehead atoms. The monoisotopic (exact) mass is 1240 g/mol. The van der Waals surface area contributed by atoms with Crippen LogP contribution in [0.25, 0.3) is 0 Å². The molecule has 1 heterocycles. The van der Waals surface area contributed by atoms with Crippen LogP contribution in [0.3, 0.4) is 0 Å². The fraction of sp³-hybridized carbons (Fsp3) is 0.844. The summed E-state index contributed by atoms with van der Waals surface area (Å²) >= 11 is 0. The molecule has 0 aromatic heterocycles. The third-order valence-corrected chi connectivity index (χ3v) is 17.6. The van der Waals surface area contributed by atoms with Crippen LogP contribution in [-0.4, -0.2) is 100 Å². The van der Waals surface area contributed by atoms with Crippen molar-refractivity contribution in [2.75, 3.05) is 19.8 Å². The topological polar surface area (TPSA) is 175 Å². The van der Waals surface area contributed by atoms with Crippen LogP contribution in [0.5, 0.6) is 0 Å². The van der Waals surface area contributed by atoms with E-state index >= 15 is 0 Å². The quantitative estimate of drug-likeness (QED) is 0.0195. The molecule has 6 N–H and O–H groups in total. The standard InChI is InChI=1S/C77H141NO10/c1-3-5-7-9-11-13-15-16-17-35-39-42-45-49-53-57-61-65-73(82)86-66-62-58-54-50-46-43-40-37-34-32-30-28-26-24-22-20-18-19-21-23-25-27-29-31-33-36-38-41-44-48-52-56-60-64-72(81)78-69(68-87-77-76(85)75(84)74(83)71(67-79)88-77)70(80)63-59-55-51-47-14-12-10-8-6-4-2/h6,8,14,22,24,28,30,47,59,63,69-71,74-77,79-80,83-85H,3-5,7,9-13,15-21,23,25-27,29,31-46,48-58,60-62,64-68H2,1-2H3,(H,78,81)/b8-6+,24-22-,30-28-,47-14+,63-59+. The highest BCUT2D eigenvalue weighted by atomic mass is 16.7. The Balaban J connectivity index is 1.91. The van der Waals surface area contributed by atoms with Gasteiger partial charge in [-0.05, 0) is 83.5 Å². The zero-order valence-electron chi connectivity index (χ0n) is 57.2. The van der Waals surface area contributed by atoms with E-state index in [1.807, 2.05) is 6.08 Å². The Morgan fingerprint density at radius 1 is 0.432 bits per heavy atom. The Labute approximate surface area is 541 Å². The maximum absolute atomic E-state index is 13.0. The Kier molecular flexibility index (Phi) is 62.4. The average molecular weight is 1240 g/mol. The summed E-state index contributed by atoms with van der Waals surface area (Å²) in [5.74, 6) is -0.186. The number of carbonyl (C=O) groups is 2. The number of allylic oxidation sites excluding steroid dienone is 9. The van der Waals surface area contributed by atoms with E-state index in [9.17, 15) is 35.1 Å². The first-order chi connectivity index (χ1) is 43.2. The van der Waals surface area contributed by atoms with Gasteiger partial charge in [-0.1, -0.05) is 319 Å². The Morgan fingerprint density at radius 2 is 0.807 bits per heavy atom. The highest BCUT2D eigenvalue weighted by Gasteiger charge is 2.44. The molecule has 1 fully saturated rings. The smallest absolute Gasteiger partial charge is 0.305 e. The largest absolute Gasteiger partial charge is 0.466 e. The van der Waals surface area contributed by atoms with Crippen LogP contribution in [0.2, 0.25) is 0 Å². The van der Waals surface area contributed by atoms with Crippen molar-refractivity contribution in [3.8, 4) is 0 Å². The number of ether oxygens (including phenoxy) is 3. The van der Waals surface area contributed by atoms with Crippen molar-refractivity contribution in [3.63, 3.8) is 0 Å². The summed E-state index contributed by atoms with van der Waals surface area (Å²) in [6.07, 6.45) is 78.3. The molecule has 7 atom stereocenters. The number of aliphatic hydroxyl groups is 5. The number of esters is 1. The second-order valence-electron chi connectivity index (χ2n) is 26.0. The molecule has 0 saturated carbocycles. The van der Waals surface area contributed by atoms with Crippen molar-refractivity contribution in [1.82, 2.24) is 5.32 Å². The summed E-state index contributed by atoms with van der Waals surface area (Å²) < 4.78 is 16.7. The lowest BCUT2D eigenvalue weighted by Crippen LogP contribution is -2.60. The molecule has 1 rings (SSSR count). The van der Waals surface area contributed by atoms with Crippen molar-refractivity contribution in [2.45, 2.75) is 397 Å². The van der Waals surface area contributed by atoms with Crippen molar-refractivity contribution in [2.24, 2.45) is 0 Å². The van der Waals surface area contributed by atoms with E-state index in [1.165, 1.54) is 257 Å². The highest BCUT2D eigenvalue weighted by molar-refractivity contribution is 5.76. The fourth-order valence-electron chi connectivity index (χ4n) is 11.7. The van der Waals surface area contributed by atoms with Crippen LogP contribution >= 0.6 is 0 Å². The first kappa shape index (κ1) is 83.4. The molecule has 88 heavy (non-hydrogen) atoms. The predicted octanol–water partition coefficient (Wildman–Crippen LogP) is 19.7. The molecular weight excluding hydrogens is 1100 g/mol. The SMILES string of the molecule is CC/C=C/CC/C=C/CC/C=C/C(O)C(COC1OC(CO)C(O)C(O)C1O)NC(=O)CCCCCCCCCCCCCCCCCCC/C=C\C/C=C\CCCCCCCCCCCOC(=O)CCCCCCCCCCCCCCCCCCC. The maximum Gasteiger partial charge on any atom is 0.305 e. The highest BCUT2D eigenvalue weighted by Crippen LogP contribution is 2.23. The molecule has 0 aromatic rings. The molecular formula is C77H141NO10. The van der Waals surface area contributed by atoms with Crippen molar-refractivity contribution < 1.29 is 49.3 Å². The van der Waals surface area contributed by atoms with E-state index in [2.05, 4.69) is 67.8 Å². The number of unbranched alkanes of at least 4 members (excludes halogenated alkanes) is 44. The normalized spacial score (nSPS) is 18.1. The van der Waals surface area contributed by atoms with Gasteiger partial charge < -0.3 is 45.1 Å². The zero-order chi connectivity index (χ0) is 63.7. The summed E-state index contributed by atoms with van der Waals surface area (Å²) in [6.45, 7) is 4.23. The minimum atomic E-state index is -1.58. The lowest BCUT2D eigenvalue weighted by molar-refractivity contribution is -0.302. The number of aliphatic hydroxyl groups excluding tert-OH is 5. The van der Waals surface area contributed by atoms with Crippen LogP contribution in [0, 0.1) is 0 Å². The molecule has 514 valence electrons. The van der Waals surface area contributed by atoms with Gasteiger partial charge in [-0.3, -0.25) is 9.59 Å². The predicted molar refractivity (Wildman–Crippen MR) is 370 cm³/mol. The molecule has 7 unspecified atom stereocenters. The molecule has 0 spiro atoms. The van der Waals surface area contributed by atoms with Crippen molar-refractivity contribution in [3.05, 3.63) is 60.8 Å². The summed E-state index contributed by atoms with van der Waals surface area (Å²) in [5, 5.41) is 54.3. The number of amides is 1. The van der Waals surface area contributed by atoms with Gasteiger partial charge in [0.1, 0.15) is 24.4 Å². The Bertz CT molecular complexity index is 1650. The van der Waals surface area contributed by atoms with Crippen LogP contribution < -0.4 is 5.32 Å². The van der Waals surface area contributed by atoms with E-state index in [-0.39, 0.29) is 18.5 Å². The molecule has 1 amide bonds. The lowest BCUT2D eigenvalue weighted by atomic mass is 9.99. The number of carbonyl (C=O) groups excluding carboxylic acids is 2. The third kappa shape index (κ3) is 54.0. The van der Waals surface area contributed by atoms with Gasteiger partial charge >= 0.3 is 5.97 Å². The first-order valence-corrected chi connectivity index (χ1v) is 37.6. The van der Waals surface area contributed by atoms with Gasteiger partial charge in [-0.2, -0.15) is 0 Å². The summed E-state index contributed by atoms with van der Waals surface area (Å²) in [6, 6.07) is -0.833. The van der Waals surface area contributed by atoms with Gasteiger partial charge in [0, 0.05) is 12.8 Å². The average Bonchev–Trinajstić information content (AvgIpc) is 2.18. The molecule has 0 aliphatic carbocycles. The van der Waals surface area contributed by atoms with Gasteiger partial charge in [-0.15, -0.1) is 0 Å². The van der Waals surface area contributed by atoms with Gasteiger partial charge in [0.25, 0.3) is 0 Å². The summed E-state index contributed by atoms with van der Waals surface area (Å²) in [7, 11) is 0. The summed E-state index contributed by atoms with van der Waals surface area (Å²) in [4.78, 5) is 25.1. The number of hydrogen-bond donors (Lipinski definition) is 6. The number of hydrogen-bond acceptors (Lipinski definition) is 10. The van der Waals surface area contributed by atoms with Crippen LogP contribution in [0.4, 0.5) is 0 Å². The minimum absolute atomic E-state index is 0.0106. The van der Waals surface area contributed by atoms with Gasteiger partial charge in [0.05, 0.1) is 32.0 Å². The number of nitrogens with one attached hydrogen (secondary N) is 1. The van der Waals surface area contributed by atoms with E-state index in [1.54, 1.807) is 6.08 Å². The second-order valence-corrected chi connectivity index (χ2v) is 26.0. The maximum atomic E-state index is 13.0. The van der Waals surface area contributed by atoms with Crippen LogP contribution in [0.15, 0.2) is 60.8 Å². The van der Waals surface area contributed by atoms with Crippen molar-refractivity contribution >= 4 is 11.9 Å². The van der Waals surface area contributed by atoms with Crippen LogP contribution in [0.1, 0.15) is 354 Å². The zero-order valence-corrected chi connectivity index (χ0v) is 57.2. The molecule has 11 heteroatoms. The van der Waals surface area contributed by atoms with E-state index in [0.29, 0.717) is 19.4 Å².